The van der Waals surface area contributed by atoms with Crippen LogP contribution in [0.4, 0.5) is 4.39 Å². The van der Waals surface area contributed by atoms with Crippen molar-refractivity contribution in [2.45, 2.75) is 30.6 Å². The Bertz CT molecular complexity index is 1040. The number of nitrogens with one attached hydrogen (secondary N) is 2. The van der Waals surface area contributed by atoms with Crippen molar-refractivity contribution in [2.24, 2.45) is 0 Å². The number of nitrogens with zero attached hydrogens (tertiary/aromatic N) is 1. The van der Waals surface area contributed by atoms with Crippen molar-refractivity contribution in [1.82, 2.24) is 14.9 Å². The van der Waals surface area contributed by atoms with Crippen LogP contribution < -0.4 is 10.6 Å². The Kier molecular flexibility index (Phi) is 7.75. The van der Waals surface area contributed by atoms with Crippen LogP contribution in [-0.4, -0.2) is 50.7 Å². The van der Waals surface area contributed by atoms with E-state index in [0.29, 0.717) is 18.7 Å². The fourth-order valence-corrected chi connectivity index (χ4v) is 5.20. The lowest BCUT2D eigenvalue weighted by Gasteiger charge is -2.26. The van der Waals surface area contributed by atoms with Gasteiger partial charge in [-0.1, -0.05) is 30.7 Å². The molecule has 7 nitrogen and oxygen atoms in total. The monoisotopic (exact) mass is 447 g/mol. The molecule has 2 amide bonds. The Morgan fingerprint density at radius 1 is 0.935 bits per heavy atom. The normalized spacial score (nSPS) is 14.7. The molecule has 1 fully saturated rings. The molecule has 0 spiro atoms. The molecule has 3 rings (SSSR count). The summed E-state index contributed by atoms with van der Waals surface area (Å²) < 4.78 is 40.6. The van der Waals surface area contributed by atoms with Crippen LogP contribution in [0.3, 0.4) is 0 Å². The van der Waals surface area contributed by atoms with E-state index in [1.165, 1.54) is 34.6 Å². The molecular formula is C22H26FN3O4S. The molecule has 0 aliphatic carbocycles. The molecule has 2 aromatic carbocycles. The van der Waals surface area contributed by atoms with Gasteiger partial charge in [-0.05, 0) is 42.7 Å². The molecule has 1 saturated heterocycles. The van der Waals surface area contributed by atoms with E-state index >= 15 is 0 Å². The van der Waals surface area contributed by atoms with Gasteiger partial charge in [-0.15, -0.1) is 0 Å². The Morgan fingerprint density at radius 3 is 2.39 bits per heavy atom. The van der Waals surface area contributed by atoms with Gasteiger partial charge in [0.25, 0.3) is 5.91 Å². The second-order valence-electron chi connectivity index (χ2n) is 7.37. The second kappa shape index (κ2) is 10.5. The van der Waals surface area contributed by atoms with Crippen LogP contribution in [-0.2, 0) is 21.2 Å². The standard InChI is InChI=1S/C22H26FN3O4S/c23-18-8-6-7-17(15-18)16-21(27)24-11-12-25-22(28)19-9-2-3-10-20(19)31(29,30)26-13-4-1-5-14-26/h2-3,6-10,15H,1,4-5,11-14,16H2,(H,24,27)(H,25,28). The van der Waals surface area contributed by atoms with E-state index in [9.17, 15) is 22.4 Å². The van der Waals surface area contributed by atoms with Gasteiger partial charge in [0.1, 0.15) is 5.82 Å². The third kappa shape index (κ3) is 6.11. The minimum Gasteiger partial charge on any atom is -0.354 e. The highest BCUT2D eigenvalue weighted by Crippen LogP contribution is 2.23. The molecule has 31 heavy (non-hydrogen) atoms. The molecule has 9 heteroatoms. The summed E-state index contributed by atoms with van der Waals surface area (Å²) in [6.07, 6.45) is 2.65. The van der Waals surface area contributed by atoms with E-state index in [1.807, 2.05) is 0 Å². The summed E-state index contributed by atoms with van der Waals surface area (Å²) in [6.45, 7) is 1.21. The van der Waals surface area contributed by atoms with Gasteiger partial charge in [0, 0.05) is 26.2 Å². The zero-order valence-electron chi connectivity index (χ0n) is 17.1. The number of benzene rings is 2. The number of hydrogen-bond donors (Lipinski definition) is 2. The minimum absolute atomic E-state index is 0.00969. The Labute approximate surface area is 181 Å². The highest BCUT2D eigenvalue weighted by atomic mass is 32.2. The average molecular weight is 448 g/mol. The van der Waals surface area contributed by atoms with Crippen molar-refractivity contribution in [1.29, 1.82) is 0 Å². The first-order valence-electron chi connectivity index (χ1n) is 10.3. The van der Waals surface area contributed by atoms with Gasteiger partial charge in [-0.25, -0.2) is 12.8 Å². The molecule has 0 radical (unpaired) electrons. The number of halogens is 1. The molecule has 0 saturated carbocycles. The molecule has 2 aromatic rings. The third-order valence-electron chi connectivity index (χ3n) is 5.05. The maximum absolute atomic E-state index is 13.2. The quantitative estimate of drug-likeness (QED) is 0.606. The molecule has 166 valence electrons. The number of carbonyl (C=O) groups excluding carboxylic acids is 2. The molecule has 0 atom stereocenters. The van der Waals surface area contributed by atoms with Crippen LogP contribution in [0.15, 0.2) is 53.4 Å². The van der Waals surface area contributed by atoms with Gasteiger partial charge in [0.15, 0.2) is 0 Å². The maximum atomic E-state index is 13.2. The van der Waals surface area contributed by atoms with Crippen LogP contribution in [0.1, 0.15) is 35.2 Å². The maximum Gasteiger partial charge on any atom is 0.252 e. The molecule has 0 unspecified atom stereocenters. The Balaban J connectivity index is 1.54. The predicted octanol–water partition coefficient (Wildman–Crippen LogP) is 2.09. The minimum atomic E-state index is -3.75. The average Bonchev–Trinajstić information content (AvgIpc) is 2.77. The summed E-state index contributed by atoms with van der Waals surface area (Å²) in [4.78, 5) is 24.6. The number of piperidine rings is 1. The predicted molar refractivity (Wildman–Crippen MR) is 114 cm³/mol. The van der Waals surface area contributed by atoms with Crippen LogP contribution in [0, 0.1) is 5.82 Å². The first-order valence-corrected chi connectivity index (χ1v) is 11.7. The largest absolute Gasteiger partial charge is 0.354 e. The lowest BCUT2D eigenvalue weighted by molar-refractivity contribution is -0.120. The van der Waals surface area contributed by atoms with Gasteiger partial charge in [0.05, 0.1) is 16.9 Å². The lowest BCUT2D eigenvalue weighted by atomic mass is 10.1. The smallest absolute Gasteiger partial charge is 0.252 e. The van der Waals surface area contributed by atoms with E-state index < -0.39 is 21.7 Å². The summed E-state index contributed by atoms with van der Waals surface area (Å²) in [5.41, 5.74) is 0.637. The number of amides is 2. The van der Waals surface area contributed by atoms with Crippen LogP contribution in [0.25, 0.3) is 0 Å². The second-order valence-corrected chi connectivity index (χ2v) is 9.28. The summed E-state index contributed by atoms with van der Waals surface area (Å²) in [5, 5.41) is 5.30. The van der Waals surface area contributed by atoms with Crippen LogP contribution in [0.5, 0.6) is 0 Å². The molecule has 1 aliphatic rings. The highest BCUT2D eigenvalue weighted by Gasteiger charge is 2.29. The first kappa shape index (κ1) is 22.9. The molecular weight excluding hydrogens is 421 g/mol. The van der Waals surface area contributed by atoms with Crippen molar-refractivity contribution < 1.29 is 22.4 Å². The van der Waals surface area contributed by atoms with E-state index in [0.717, 1.165) is 19.3 Å². The van der Waals surface area contributed by atoms with E-state index in [4.69, 9.17) is 0 Å². The topological polar surface area (TPSA) is 95.6 Å². The van der Waals surface area contributed by atoms with Crippen LogP contribution in [0.2, 0.25) is 0 Å². The summed E-state index contributed by atoms with van der Waals surface area (Å²) in [6, 6.07) is 11.9. The molecule has 0 bridgehead atoms. The third-order valence-corrected chi connectivity index (χ3v) is 7.01. The number of hydrogen-bond acceptors (Lipinski definition) is 4. The zero-order chi connectivity index (χ0) is 22.3. The summed E-state index contributed by atoms with van der Waals surface area (Å²) >= 11 is 0. The van der Waals surface area contributed by atoms with Crippen molar-refractivity contribution in [3.8, 4) is 0 Å². The van der Waals surface area contributed by atoms with Crippen molar-refractivity contribution in [3.05, 3.63) is 65.5 Å². The van der Waals surface area contributed by atoms with Crippen molar-refractivity contribution in [3.63, 3.8) is 0 Å². The van der Waals surface area contributed by atoms with Gasteiger partial charge in [0.2, 0.25) is 15.9 Å². The highest BCUT2D eigenvalue weighted by molar-refractivity contribution is 7.89. The number of rotatable bonds is 8. The molecule has 2 N–H and O–H groups in total. The molecule has 1 aliphatic heterocycles. The van der Waals surface area contributed by atoms with E-state index in [1.54, 1.807) is 18.2 Å². The van der Waals surface area contributed by atoms with Crippen LogP contribution >= 0.6 is 0 Å². The first-order chi connectivity index (χ1) is 14.9. The lowest BCUT2D eigenvalue weighted by Crippen LogP contribution is -2.38. The van der Waals surface area contributed by atoms with Crippen molar-refractivity contribution >= 4 is 21.8 Å². The zero-order valence-corrected chi connectivity index (χ0v) is 18.0. The van der Waals surface area contributed by atoms with Gasteiger partial charge in [-0.3, -0.25) is 9.59 Å². The SMILES string of the molecule is O=C(Cc1cccc(F)c1)NCCNC(=O)c1ccccc1S(=O)(=O)N1CCCCC1. The molecule has 0 aromatic heterocycles. The Hall–Kier alpha value is -2.78. The van der Waals surface area contributed by atoms with E-state index in [-0.39, 0.29) is 35.9 Å². The van der Waals surface area contributed by atoms with Gasteiger partial charge in [-0.2, -0.15) is 4.31 Å². The van der Waals surface area contributed by atoms with Crippen molar-refractivity contribution in [2.75, 3.05) is 26.2 Å². The summed E-state index contributed by atoms with van der Waals surface area (Å²) in [5.74, 6) is -1.22. The van der Waals surface area contributed by atoms with Gasteiger partial charge >= 0.3 is 0 Å². The molecule has 1 heterocycles. The van der Waals surface area contributed by atoms with E-state index in [2.05, 4.69) is 10.6 Å². The summed E-state index contributed by atoms with van der Waals surface area (Å²) in [7, 11) is -3.75. The number of sulfonamides is 1. The number of carbonyl (C=O) groups is 2. The Morgan fingerprint density at radius 2 is 1.65 bits per heavy atom. The fraction of sp³-hybridized carbons (Fsp3) is 0.364. The fourth-order valence-electron chi connectivity index (χ4n) is 3.49. The van der Waals surface area contributed by atoms with Gasteiger partial charge < -0.3 is 10.6 Å².